The van der Waals surface area contributed by atoms with Crippen LogP contribution in [0.15, 0.2) is 12.1 Å². The van der Waals surface area contributed by atoms with Gasteiger partial charge in [0.1, 0.15) is 17.3 Å². The number of rotatable bonds is 8. The number of amides is 1. The van der Waals surface area contributed by atoms with Gasteiger partial charge in [-0.1, -0.05) is 6.07 Å². The van der Waals surface area contributed by atoms with Crippen molar-refractivity contribution in [1.82, 2.24) is 30.0 Å². The van der Waals surface area contributed by atoms with E-state index in [9.17, 15) is 18.0 Å². The first-order valence-electron chi connectivity index (χ1n) is 13.2. The average molecular weight is 541 g/mol. The molecular formula is C26H36F4N6O2. The molecule has 2 aliphatic rings. The number of ether oxygens (including phenoxy) is 1. The van der Waals surface area contributed by atoms with E-state index in [-0.39, 0.29) is 24.2 Å². The van der Waals surface area contributed by atoms with E-state index >= 15 is 4.39 Å². The Hall–Kier alpha value is -2.76. The first kappa shape index (κ1) is 28.3. The molecule has 1 saturated carbocycles. The molecule has 3 heterocycles. The highest BCUT2D eigenvalue weighted by Gasteiger charge is 2.39. The molecule has 0 radical (unpaired) electrons. The number of aromatic nitrogens is 4. The van der Waals surface area contributed by atoms with Crippen LogP contribution >= 0.6 is 0 Å². The van der Waals surface area contributed by atoms with Crippen LogP contribution in [-0.2, 0) is 31.1 Å². The third-order valence-corrected chi connectivity index (χ3v) is 7.56. The number of nitrogens with one attached hydrogen (secondary N) is 1. The fraction of sp³-hybridized carbons (Fsp3) is 0.692. The summed E-state index contributed by atoms with van der Waals surface area (Å²) >= 11 is 0. The summed E-state index contributed by atoms with van der Waals surface area (Å²) in [6, 6.07) is 3.22. The molecule has 38 heavy (non-hydrogen) atoms. The SMILES string of the molecule is Cc1nc(CC(=O)NC2CCC(F)(CCN3CCc4ccc(OC(C)C(F)(F)F)nc4CC3)CC2)n(C)n1. The first-order valence-corrected chi connectivity index (χ1v) is 13.2. The molecule has 0 bridgehead atoms. The van der Waals surface area contributed by atoms with Crippen LogP contribution in [0.1, 0.15) is 61.9 Å². The number of hydrogen-bond donors (Lipinski definition) is 1. The Balaban J connectivity index is 1.21. The molecule has 1 amide bonds. The van der Waals surface area contributed by atoms with E-state index < -0.39 is 17.9 Å². The number of hydrogen-bond acceptors (Lipinski definition) is 6. The molecule has 2 aromatic heterocycles. The molecule has 0 aromatic carbocycles. The van der Waals surface area contributed by atoms with Crippen molar-refractivity contribution < 1.29 is 27.1 Å². The van der Waals surface area contributed by atoms with Crippen LogP contribution in [0.3, 0.4) is 0 Å². The molecule has 0 spiro atoms. The van der Waals surface area contributed by atoms with E-state index in [0.717, 1.165) is 24.7 Å². The number of alkyl halides is 4. The van der Waals surface area contributed by atoms with Crippen molar-refractivity contribution in [3.05, 3.63) is 35.0 Å². The Morgan fingerprint density at radius 1 is 1.21 bits per heavy atom. The van der Waals surface area contributed by atoms with Gasteiger partial charge in [-0.2, -0.15) is 18.3 Å². The zero-order valence-corrected chi connectivity index (χ0v) is 22.2. The summed E-state index contributed by atoms with van der Waals surface area (Å²) in [6.45, 7) is 4.74. The largest absolute Gasteiger partial charge is 0.465 e. The van der Waals surface area contributed by atoms with Gasteiger partial charge in [0.2, 0.25) is 11.8 Å². The van der Waals surface area contributed by atoms with Gasteiger partial charge < -0.3 is 15.0 Å². The predicted molar refractivity (Wildman–Crippen MR) is 133 cm³/mol. The van der Waals surface area contributed by atoms with Crippen LogP contribution < -0.4 is 10.1 Å². The van der Waals surface area contributed by atoms with Crippen molar-refractivity contribution in [3.63, 3.8) is 0 Å². The van der Waals surface area contributed by atoms with Gasteiger partial charge in [-0.25, -0.2) is 14.4 Å². The van der Waals surface area contributed by atoms with E-state index in [1.165, 1.54) is 6.07 Å². The Bertz CT molecular complexity index is 1110. The Labute approximate surface area is 220 Å². The van der Waals surface area contributed by atoms with Crippen molar-refractivity contribution in [3.8, 4) is 5.88 Å². The van der Waals surface area contributed by atoms with E-state index in [0.29, 0.717) is 69.7 Å². The summed E-state index contributed by atoms with van der Waals surface area (Å²) in [6.07, 6.45) is -2.56. The molecule has 1 unspecified atom stereocenters. The molecule has 0 saturated heterocycles. The summed E-state index contributed by atoms with van der Waals surface area (Å²) in [5.41, 5.74) is 0.456. The fourth-order valence-corrected chi connectivity index (χ4v) is 5.17. The van der Waals surface area contributed by atoms with E-state index in [4.69, 9.17) is 4.74 Å². The van der Waals surface area contributed by atoms with Crippen LogP contribution in [0.25, 0.3) is 0 Å². The van der Waals surface area contributed by atoms with Crippen molar-refractivity contribution in [2.75, 3.05) is 19.6 Å². The Morgan fingerprint density at radius 2 is 1.92 bits per heavy atom. The maximum absolute atomic E-state index is 15.6. The van der Waals surface area contributed by atoms with E-state index in [1.807, 2.05) is 0 Å². The second-order valence-corrected chi connectivity index (χ2v) is 10.5. The lowest BCUT2D eigenvalue weighted by atomic mass is 9.81. The Morgan fingerprint density at radius 3 is 2.58 bits per heavy atom. The fourth-order valence-electron chi connectivity index (χ4n) is 5.17. The zero-order valence-electron chi connectivity index (χ0n) is 22.2. The monoisotopic (exact) mass is 540 g/mol. The number of halogens is 4. The molecule has 12 heteroatoms. The molecule has 4 rings (SSSR count). The summed E-state index contributed by atoms with van der Waals surface area (Å²) in [7, 11) is 1.75. The highest BCUT2D eigenvalue weighted by atomic mass is 19.4. The second-order valence-electron chi connectivity index (χ2n) is 10.5. The highest BCUT2D eigenvalue weighted by Crippen LogP contribution is 2.35. The topological polar surface area (TPSA) is 85.2 Å². The average Bonchev–Trinajstić information content (AvgIpc) is 3.03. The van der Waals surface area contributed by atoms with Crippen LogP contribution in [0.2, 0.25) is 0 Å². The van der Waals surface area contributed by atoms with Crippen molar-refractivity contribution in [2.45, 2.75) is 89.2 Å². The first-order chi connectivity index (χ1) is 17.9. The molecule has 1 fully saturated rings. The predicted octanol–water partition coefficient (Wildman–Crippen LogP) is 3.65. The third kappa shape index (κ3) is 7.42. The molecule has 1 aliphatic heterocycles. The van der Waals surface area contributed by atoms with Crippen molar-refractivity contribution >= 4 is 5.91 Å². The molecule has 2 aromatic rings. The lowest BCUT2D eigenvalue weighted by Gasteiger charge is -2.35. The molecule has 1 atom stereocenters. The van der Waals surface area contributed by atoms with Gasteiger partial charge in [0.25, 0.3) is 0 Å². The quantitative estimate of drug-likeness (QED) is 0.515. The standard InChI is InChI=1S/C26H36F4N6O2/c1-17(26(28,29)30)38-24-5-4-19-8-13-36(14-9-21(19)33-24)15-12-25(27)10-6-20(7-11-25)32-23(37)16-22-31-18(2)34-35(22)3/h4-5,17,20H,6-16H2,1-3H3,(H,32,37). The number of pyridine rings is 1. The van der Waals surface area contributed by atoms with E-state index in [2.05, 4.69) is 25.3 Å². The minimum Gasteiger partial charge on any atom is -0.465 e. The summed E-state index contributed by atoms with van der Waals surface area (Å²) in [4.78, 5) is 23.2. The summed E-state index contributed by atoms with van der Waals surface area (Å²) < 4.78 is 60.6. The highest BCUT2D eigenvalue weighted by molar-refractivity contribution is 5.78. The third-order valence-electron chi connectivity index (χ3n) is 7.56. The minimum absolute atomic E-state index is 0.0275. The Kier molecular flexibility index (Phi) is 8.59. The van der Waals surface area contributed by atoms with Gasteiger partial charge in [-0.05, 0) is 57.9 Å². The van der Waals surface area contributed by atoms with Gasteiger partial charge in [-0.3, -0.25) is 9.48 Å². The van der Waals surface area contributed by atoms with Gasteiger partial charge >= 0.3 is 6.18 Å². The van der Waals surface area contributed by atoms with Gasteiger partial charge in [0, 0.05) is 50.9 Å². The van der Waals surface area contributed by atoms with Crippen LogP contribution in [0.4, 0.5) is 17.6 Å². The molecule has 1 aliphatic carbocycles. The molecule has 8 nitrogen and oxygen atoms in total. The minimum atomic E-state index is -4.45. The molecule has 210 valence electrons. The maximum Gasteiger partial charge on any atom is 0.425 e. The van der Waals surface area contributed by atoms with E-state index in [1.54, 1.807) is 24.7 Å². The maximum atomic E-state index is 15.6. The lowest BCUT2D eigenvalue weighted by Crippen LogP contribution is -2.43. The number of carbonyl (C=O) groups is 1. The van der Waals surface area contributed by atoms with Crippen LogP contribution in [0, 0.1) is 6.92 Å². The van der Waals surface area contributed by atoms with Gasteiger partial charge in [0.15, 0.2) is 6.10 Å². The van der Waals surface area contributed by atoms with Crippen molar-refractivity contribution in [1.29, 1.82) is 0 Å². The summed E-state index contributed by atoms with van der Waals surface area (Å²) in [5.74, 6) is 1.07. The lowest BCUT2D eigenvalue weighted by molar-refractivity contribution is -0.190. The molecular weight excluding hydrogens is 504 g/mol. The second kappa shape index (κ2) is 11.5. The number of aryl methyl sites for hydroxylation is 2. The van der Waals surface area contributed by atoms with Crippen molar-refractivity contribution in [2.24, 2.45) is 7.05 Å². The van der Waals surface area contributed by atoms with Gasteiger partial charge in [-0.15, -0.1) is 0 Å². The summed E-state index contributed by atoms with van der Waals surface area (Å²) in [5, 5.41) is 7.17. The van der Waals surface area contributed by atoms with Crippen LogP contribution in [-0.4, -0.2) is 74.2 Å². The van der Waals surface area contributed by atoms with Gasteiger partial charge in [0.05, 0.1) is 6.42 Å². The number of fused-ring (bicyclic) bond motifs is 1. The normalized spacial score (nSPS) is 23.4. The zero-order chi connectivity index (χ0) is 27.5. The number of carbonyl (C=O) groups excluding carboxylic acids is 1. The smallest absolute Gasteiger partial charge is 0.425 e. The number of nitrogens with zero attached hydrogens (tertiary/aromatic N) is 5. The van der Waals surface area contributed by atoms with Crippen LogP contribution in [0.5, 0.6) is 5.88 Å². The molecule has 1 N–H and O–H groups in total.